The molecule has 12 N–H and O–H groups in total. The molecular weight excluding hydrogens is 493 g/mol. The Kier molecular flexibility index (Phi) is 10.00. The molecule has 0 spiro atoms. The fourth-order valence-electron chi connectivity index (χ4n) is 3.37. The maximum absolute atomic E-state index is 6.50. The van der Waals surface area contributed by atoms with E-state index in [0.717, 1.165) is 0 Å². The third kappa shape index (κ3) is 7.42. The summed E-state index contributed by atoms with van der Waals surface area (Å²) in [4.78, 5) is 0. The van der Waals surface area contributed by atoms with Crippen LogP contribution in [0.2, 0.25) is 39.3 Å². The first kappa shape index (κ1) is 28.9. The topological polar surface area (TPSA) is 212 Å². The number of rotatable bonds is 6. The fourth-order valence-corrected chi connectivity index (χ4v) is 32.5. The highest BCUT2D eigenvalue weighted by Crippen LogP contribution is 2.29. The molecule has 0 atom stereocenters. The summed E-state index contributed by atoms with van der Waals surface area (Å²) < 4.78 is 39.0. The maximum atomic E-state index is 6.50. The summed E-state index contributed by atoms with van der Waals surface area (Å²) in [5.74, 6) is 0. The zero-order chi connectivity index (χ0) is 23.5. The molecule has 0 bridgehead atoms. The van der Waals surface area contributed by atoms with E-state index in [0.29, 0.717) is 0 Å². The Hall–Kier alpha value is 0.821. The average Bonchev–Trinajstić information content (AvgIpc) is 2.66. The maximum Gasteiger partial charge on any atom is 0.331 e. The number of hydrogen-bond acceptors (Lipinski definition) is 12. The van der Waals surface area contributed by atoms with Gasteiger partial charge in [0.25, 0.3) is 0 Å². The van der Waals surface area contributed by atoms with E-state index in [9.17, 15) is 0 Å². The number of hydrogen-bond donors (Lipinski definition) is 6. The van der Waals surface area contributed by atoms with Crippen molar-refractivity contribution in [3.8, 4) is 0 Å². The van der Waals surface area contributed by atoms with E-state index in [-0.39, 0.29) is 37.0 Å². The van der Waals surface area contributed by atoms with Crippen LogP contribution < -0.4 is 34.4 Å². The molecule has 0 radical (unpaired) electrons. The van der Waals surface area contributed by atoms with Crippen LogP contribution in [0.15, 0.2) is 0 Å². The molecule has 0 saturated carbocycles. The summed E-state index contributed by atoms with van der Waals surface area (Å²) in [5.41, 5.74) is 36.6. The Morgan fingerprint density at radius 2 is 0.433 bits per heavy atom. The van der Waals surface area contributed by atoms with Crippen LogP contribution in [0.4, 0.5) is 0 Å². The molecule has 1 saturated heterocycles. The lowest BCUT2D eigenvalue weighted by Crippen LogP contribution is -2.73. The Labute approximate surface area is 186 Å². The SMILES string of the molecule is C[Si]1(CN)O[Si](C)(CN)O[Si](C)(CN)O[Si](C)(CN)O[Si](C)(CN)O[Si](C)(CN)O1. The van der Waals surface area contributed by atoms with Crippen molar-refractivity contribution in [2.45, 2.75) is 39.3 Å². The van der Waals surface area contributed by atoms with Crippen molar-refractivity contribution in [1.82, 2.24) is 0 Å². The first-order valence-electron chi connectivity index (χ1n) is 10.0. The summed E-state index contributed by atoms with van der Waals surface area (Å²) in [6.45, 7) is 11.2. The van der Waals surface area contributed by atoms with Crippen molar-refractivity contribution < 1.29 is 24.7 Å². The van der Waals surface area contributed by atoms with Crippen LogP contribution in [0.3, 0.4) is 0 Å². The molecule has 0 aliphatic carbocycles. The summed E-state index contributed by atoms with van der Waals surface area (Å²) in [7, 11) is -17.8. The van der Waals surface area contributed by atoms with Gasteiger partial charge >= 0.3 is 51.4 Å². The van der Waals surface area contributed by atoms with Crippen LogP contribution in [0.1, 0.15) is 0 Å². The molecule has 0 aromatic heterocycles. The Morgan fingerprint density at radius 1 is 0.333 bits per heavy atom. The quantitative estimate of drug-likeness (QED) is 0.195. The normalized spacial score (nSPS) is 46.8. The summed E-state index contributed by atoms with van der Waals surface area (Å²) in [6.07, 6.45) is 1.11. The van der Waals surface area contributed by atoms with Gasteiger partial charge in [0, 0.05) is 37.0 Å². The van der Waals surface area contributed by atoms with Gasteiger partial charge in [-0.1, -0.05) is 0 Å². The lowest BCUT2D eigenvalue weighted by atomic mass is 11.5. The average molecular weight is 535 g/mol. The highest BCUT2D eigenvalue weighted by molar-refractivity contribution is 6.94. The second kappa shape index (κ2) is 10.4. The van der Waals surface area contributed by atoms with Gasteiger partial charge in [0.15, 0.2) is 0 Å². The lowest BCUT2D eigenvalue weighted by molar-refractivity contribution is 0.226. The Morgan fingerprint density at radius 3 is 0.500 bits per heavy atom. The first-order valence-corrected chi connectivity index (χ1v) is 25.2. The minimum absolute atomic E-state index is 0.184. The third-order valence-corrected chi connectivity index (χ3v) is 30.0. The van der Waals surface area contributed by atoms with Crippen molar-refractivity contribution in [2.75, 3.05) is 37.0 Å². The highest BCUT2D eigenvalue weighted by atomic mass is 28.5. The monoisotopic (exact) mass is 534 g/mol. The van der Waals surface area contributed by atoms with Crippen LogP contribution in [-0.4, -0.2) is 88.4 Å². The standard InChI is InChI=1S/C12H42N6O6Si6/c1-25(7-13)19-26(2,8-14)21-28(4,10-16)23-30(6,12-18)24-29(5,11-17)22-27(3,9-15)20-25/h7-18H2,1-6H3. The molecular formula is C12H42N6O6Si6. The van der Waals surface area contributed by atoms with Gasteiger partial charge in [-0.25, -0.2) is 0 Å². The lowest BCUT2D eigenvalue weighted by Gasteiger charge is -2.49. The molecule has 180 valence electrons. The molecule has 1 aliphatic rings. The molecule has 1 heterocycles. The molecule has 0 amide bonds. The molecule has 1 aliphatic heterocycles. The van der Waals surface area contributed by atoms with Crippen molar-refractivity contribution >= 4 is 51.4 Å². The van der Waals surface area contributed by atoms with E-state index in [1.54, 1.807) is 0 Å². The van der Waals surface area contributed by atoms with Crippen molar-refractivity contribution in [3.05, 3.63) is 0 Å². The predicted octanol–water partition coefficient (Wildman–Crippen LogP) is -2.48. The smallest absolute Gasteiger partial charge is 0.331 e. The van der Waals surface area contributed by atoms with Crippen molar-refractivity contribution in [2.24, 2.45) is 34.4 Å². The molecule has 12 nitrogen and oxygen atoms in total. The predicted molar refractivity (Wildman–Crippen MR) is 131 cm³/mol. The van der Waals surface area contributed by atoms with E-state index in [4.69, 9.17) is 59.1 Å². The number of nitrogens with two attached hydrogens (primary N) is 6. The van der Waals surface area contributed by atoms with E-state index < -0.39 is 51.4 Å². The molecule has 1 rings (SSSR count). The zero-order valence-electron chi connectivity index (χ0n) is 19.2. The molecule has 18 heteroatoms. The first-order chi connectivity index (χ1) is 13.6. The largest absolute Gasteiger partial charge is 0.414 e. The van der Waals surface area contributed by atoms with Crippen molar-refractivity contribution in [1.29, 1.82) is 0 Å². The third-order valence-electron chi connectivity index (χ3n) is 4.82. The van der Waals surface area contributed by atoms with Crippen LogP contribution in [-0.2, 0) is 24.7 Å². The highest BCUT2D eigenvalue weighted by Gasteiger charge is 2.56. The Bertz CT molecular complexity index is 446. The van der Waals surface area contributed by atoms with Gasteiger partial charge in [0.05, 0.1) is 0 Å². The summed E-state index contributed by atoms with van der Waals surface area (Å²) in [6, 6.07) is 0. The van der Waals surface area contributed by atoms with E-state index in [1.807, 2.05) is 39.3 Å². The molecule has 0 unspecified atom stereocenters. The van der Waals surface area contributed by atoms with Crippen LogP contribution in [0.25, 0.3) is 0 Å². The van der Waals surface area contributed by atoms with Crippen molar-refractivity contribution in [3.63, 3.8) is 0 Å². The minimum Gasteiger partial charge on any atom is -0.414 e. The molecule has 0 aromatic rings. The fraction of sp³-hybridized carbons (Fsp3) is 1.00. The summed E-state index contributed by atoms with van der Waals surface area (Å²) >= 11 is 0. The molecule has 1 fully saturated rings. The van der Waals surface area contributed by atoms with Crippen LogP contribution in [0.5, 0.6) is 0 Å². The Balaban J connectivity index is 3.59. The van der Waals surface area contributed by atoms with Gasteiger partial charge in [-0.3, -0.25) is 0 Å². The van der Waals surface area contributed by atoms with Gasteiger partial charge in [-0.15, -0.1) is 0 Å². The van der Waals surface area contributed by atoms with E-state index >= 15 is 0 Å². The van der Waals surface area contributed by atoms with Gasteiger partial charge in [0.2, 0.25) is 0 Å². The van der Waals surface area contributed by atoms with Gasteiger partial charge < -0.3 is 59.1 Å². The van der Waals surface area contributed by atoms with Gasteiger partial charge in [-0.2, -0.15) is 0 Å². The van der Waals surface area contributed by atoms with Gasteiger partial charge in [-0.05, 0) is 39.3 Å². The van der Waals surface area contributed by atoms with E-state index in [1.165, 1.54) is 0 Å². The zero-order valence-corrected chi connectivity index (χ0v) is 25.2. The molecule has 30 heavy (non-hydrogen) atoms. The van der Waals surface area contributed by atoms with Crippen LogP contribution in [0, 0.1) is 0 Å². The second-order valence-electron chi connectivity index (χ2n) is 8.64. The van der Waals surface area contributed by atoms with Crippen LogP contribution >= 0.6 is 0 Å². The molecule has 0 aromatic carbocycles. The van der Waals surface area contributed by atoms with E-state index in [2.05, 4.69) is 0 Å². The van der Waals surface area contributed by atoms with Gasteiger partial charge in [0.1, 0.15) is 0 Å². The second-order valence-corrected chi connectivity index (χ2v) is 29.6. The summed E-state index contributed by atoms with van der Waals surface area (Å²) in [5, 5.41) is 0. The minimum atomic E-state index is -2.96.